The van der Waals surface area contributed by atoms with E-state index in [1.54, 1.807) is 12.4 Å². The summed E-state index contributed by atoms with van der Waals surface area (Å²) in [7, 11) is 0. The number of hydrogen-bond donors (Lipinski definition) is 4. The molecular formula is C18H25FN8. The van der Waals surface area contributed by atoms with E-state index in [1.165, 1.54) is 12.1 Å². The van der Waals surface area contributed by atoms with Crippen molar-refractivity contribution in [3.05, 3.63) is 35.9 Å². The normalized spacial score (nSPS) is 12.5. The molecule has 0 aliphatic rings. The van der Waals surface area contributed by atoms with Gasteiger partial charge in [0.25, 0.3) is 0 Å². The van der Waals surface area contributed by atoms with E-state index in [0.717, 1.165) is 0 Å². The molecule has 0 saturated carbocycles. The summed E-state index contributed by atoms with van der Waals surface area (Å²) < 4.78 is 15.5. The topological polar surface area (TPSA) is 120 Å². The van der Waals surface area contributed by atoms with Crippen molar-refractivity contribution in [1.29, 1.82) is 0 Å². The molecule has 0 aliphatic carbocycles. The molecule has 2 aromatic heterocycles. The first-order chi connectivity index (χ1) is 12.8. The fourth-order valence-electron chi connectivity index (χ4n) is 2.66. The predicted molar refractivity (Wildman–Crippen MR) is 106 cm³/mol. The lowest BCUT2D eigenvalue weighted by Gasteiger charge is -2.13. The van der Waals surface area contributed by atoms with Gasteiger partial charge in [-0.05, 0) is 44.5 Å². The van der Waals surface area contributed by atoms with E-state index in [9.17, 15) is 4.39 Å². The van der Waals surface area contributed by atoms with Crippen molar-refractivity contribution in [3.63, 3.8) is 0 Å². The van der Waals surface area contributed by atoms with Crippen LogP contribution in [0.5, 0.6) is 0 Å². The van der Waals surface area contributed by atoms with Crippen LogP contribution in [0.25, 0.3) is 11.2 Å². The molecule has 3 rings (SSSR count). The van der Waals surface area contributed by atoms with Crippen molar-refractivity contribution in [1.82, 2.24) is 19.5 Å². The van der Waals surface area contributed by atoms with E-state index in [4.69, 9.17) is 11.5 Å². The Bertz CT molecular complexity index is 935. The van der Waals surface area contributed by atoms with Gasteiger partial charge in [-0.1, -0.05) is 0 Å². The van der Waals surface area contributed by atoms with Gasteiger partial charge in [0.05, 0.1) is 6.33 Å². The zero-order chi connectivity index (χ0) is 19.6. The summed E-state index contributed by atoms with van der Waals surface area (Å²) >= 11 is 0. The Morgan fingerprint density at radius 1 is 1.19 bits per heavy atom. The predicted octanol–water partition coefficient (Wildman–Crippen LogP) is 2.50. The Kier molecular flexibility index (Phi) is 5.41. The number of fused-ring (bicyclic) bond motifs is 1. The van der Waals surface area contributed by atoms with Crippen molar-refractivity contribution >= 4 is 28.6 Å². The highest BCUT2D eigenvalue weighted by molar-refractivity contribution is 5.84. The molecule has 27 heavy (non-hydrogen) atoms. The molecule has 0 fully saturated rings. The molecule has 3 aromatic rings. The van der Waals surface area contributed by atoms with Crippen molar-refractivity contribution in [2.45, 2.75) is 39.4 Å². The number of rotatable bonds is 7. The number of imidazole rings is 1. The number of nitrogens with two attached hydrogens (primary N) is 2. The third-order valence-electron chi connectivity index (χ3n) is 4.11. The molecule has 8 nitrogen and oxygen atoms in total. The van der Waals surface area contributed by atoms with Crippen LogP contribution in [-0.2, 0) is 6.54 Å². The summed E-state index contributed by atoms with van der Waals surface area (Å²) in [6.07, 6.45) is 1.74. The second-order valence-corrected chi connectivity index (χ2v) is 6.87. The van der Waals surface area contributed by atoms with Gasteiger partial charge in [-0.3, -0.25) is 0 Å². The Morgan fingerprint density at radius 3 is 2.67 bits per heavy atom. The maximum absolute atomic E-state index is 13.5. The molecule has 6 N–H and O–H groups in total. The molecule has 0 spiro atoms. The monoisotopic (exact) mass is 372 g/mol. The second kappa shape index (κ2) is 7.75. The number of benzene rings is 1. The number of hydrogen-bond acceptors (Lipinski definition) is 7. The van der Waals surface area contributed by atoms with Gasteiger partial charge in [-0.2, -0.15) is 9.97 Å². The van der Waals surface area contributed by atoms with Gasteiger partial charge in [0.2, 0.25) is 5.95 Å². The minimum Gasteiger partial charge on any atom is -0.398 e. The zero-order valence-electron chi connectivity index (χ0n) is 15.7. The van der Waals surface area contributed by atoms with E-state index < -0.39 is 0 Å². The highest BCUT2D eigenvalue weighted by Crippen LogP contribution is 2.24. The van der Waals surface area contributed by atoms with Crippen LogP contribution in [0.2, 0.25) is 0 Å². The first kappa shape index (κ1) is 18.8. The standard InChI is InChI=1S/C18H25FN8/c1-10(2)27-9-24-15-16(22-8-12-6-13(19)4-5-14(12)21)25-18(26-17(15)27)23-7-11(3)20/h4-6,9-11H,7-8,20-21H2,1-3H3,(H2,22,23,25,26). The number of nitrogens with zero attached hydrogens (tertiary/aromatic N) is 4. The summed E-state index contributed by atoms with van der Waals surface area (Å²) in [4.78, 5) is 13.5. The van der Waals surface area contributed by atoms with Crippen molar-refractivity contribution in [3.8, 4) is 0 Å². The summed E-state index contributed by atoms with van der Waals surface area (Å²) in [5, 5.41) is 6.35. The molecule has 1 unspecified atom stereocenters. The third kappa shape index (κ3) is 4.25. The van der Waals surface area contributed by atoms with Gasteiger partial charge in [0.15, 0.2) is 17.0 Å². The molecule has 0 amide bonds. The smallest absolute Gasteiger partial charge is 0.226 e. The van der Waals surface area contributed by atoms with Crippen LogP contribution in [0.3, 0.4) is 0 Å². The Balaban J connectivity index is 1.95. The third-order valence-corrected chi connectivity index (χ3v) is 4.11. The van der Waals surface area contributed by atoms with Gasteiger partial charge < -0.3 is 26.7 Å². The quantitative estimate of drug-likeness (QED) is 0.470. The SMILES string of the molecule is CC(N)CNc1nc(NCc2cc(F)ccc2N)c2ncn(C(C)C)c2n1. The second-order valence-electron chi connectivity index (χ2n) is 6.87. The fraction of sp³-hybridized carbons (Fsp3) is 0.389. The van der Waals surface area contributed by atoms with Crippen molar-refractivity contribution < 1.29 is 4.39 Å². The molecule has 0 bridgehead atoms. The number of nitrogens with one attached hydrogen (secondary N) is 2. The Hall–Kier alpha value is -2.94. The van der Waals surface area contributed by atoms with Crippen LogP contribution in [0.4, 0.5) is 21.8 Å². The van der Waals surface area contributed by atoms with Crippen LogP contribution in [0, 0.1) is 5.82 Å². The molecule has 1 aromatic carbocycles. The van der Waals surface area contributed by atoms with E-state index in [-0.39, 0.29) is 17.9 Å². The van der Waals surface area contributed by atoms with Gasteiger partial charge in [-0.15, -0.1) is 0 Å². The molecule has 0 aliphatic heterocycles. The molecule has 1 atom stereocenters. The Labute approximate surface area is 157 Å². The number of nitrogen functional groups attached to an aromatic ring is 1. The fourth-order valence-corrected chi connectivity index (χ4v) is 2.66. The first-order valence-electron chi connectivity index (χ1n) is 8.87. The van der Waals surface area contributed by atoms with Crippen LogP contribution < -0.4 is 22.1 Å². The molecule has 0 radical (unpaired) electrons. The van der Waals surface area contributed by atoms with Crippen molar-refractivity contribution in [2.24, 2.45) is 5.73 Å². The molecular weight excluding hydrogens is 347 g/mol. The lowest BCUT2D eigenvalue weighted by atomic mass is 10.2. The van der Waals surface area contributed by atoms with Gasteiger partial charge in [0, 0.05) is 30.9 Å². The number of halogens is 1. The van der Waals surface area contributed by atoms with Crippen LogP contribution in [0.15, 0.2) is 24.5 Å². The molecule has 9 heteroatoms. The minimum atomic E-state index is -0.336. The number of anilines is 3. The van der Waals surface area contributed by atoms with Crippen LogP contribution >= 0.6 is 0 Å². The first-order valence-corrected chi connectivity index (χ1v) is 8.87. The Morgan fingerprint density at radius 2 is 1.96 bits per heavy atom. The van der Waals surface area contributed by atoms with Gasteiger partial charge in [-0.25, -0.2) is 9.37 Å². The van der Waals surface area contributed by atoms with Gasteiger partial charge in [0.1, 0.15) is 5.82 Å². The maximum atomic E-state index is 13.5. The summed E-state index contributed by atoms with van der Waals surface area (Å²) in [6, 6.07) is 4.44. The highest BCUT2D eigenvalue weighted by Gasteiger charge is 2.15. The van der Waals surface area contributed by atoms with E-state index >= 15 is 0 Å². The lowest BCUT2D eigenvalue weighted by molar-refractivity contribution is 0.612. The van der Waals surface area contributed by atoms with Gasteiger partial charge >= 0.3 is 0 Å². The summed E-state index contributed by atoms with van der Waals surface area (Å²) in [5.74, 6) is 0.671. The minimum absolute atomic E-state index is 0.0391. The van der Waals surface area contributed by atoms with E-state index in [0.29, 0.717) is 47.3 Å². The number of aromatic nitrogens is 4. The van der Waals surface area contributed by atoms with Crippen LogP contribution in [0.1, 0.15) is 32.4 Å². The van der Waals surface area contributed by atoms with Crippen LogP contribution in [-0.4, -0.2) is 32.1 Å². The van der Waals surface area contributed by atoms with Crippen molar-refractivity contribution in [2.75, 3.05) is 22.9 Å². The average Bonchev–Trinajstić information content (AvgIpc) is 3.04. The van der Waals surface area contributed by atoms with E-state index in [1.807, 2.05) is 11.5 Å². The molecule has 2 heterocycles. The molecule has 144 valence electrons. The molecule has 0 saturated heterocycles. The maximum Gasteiger partial charge on any atom is 0.226 e. The lowest BCUT2D eigenvalue weighted by Crippen LogP contribution is -2.26. The summed E-state index contributed by atoms with van der Waals surface area (Å²) in [6.45, 7) is 6.86. The largest absolute Gasteiger partial charge is 0.398 e. The zero-order valence-corrected chi connectivity index (χ0v) is 15.7. The van der Waals surface area contributed by atoms with E-state index in [2.05, 4.69) is 39.4 Å². The average molecular weight is 372 g/mol. The summed E-state index contributed by atoms with van der Waals surface area (Å²) in [5.41, 5.74) is 14.3. The highest BCUT2D eigenvalue weighted by atomic mass is 19.1.